The summed E-state index contributed by atoms with van der Waals surface area (Å²) < 4.78 is 25.7. The van der Waals surface area contributed by atoms with Gasteiger partial charge in [0.05, 0.1) is 5.75 Å². The van der Waals surface area contributed by atoms with Gasteiger partial charge in [-0.2, -0.15) is 4.31 Å². The molecule has 1 aliphatic heterocycles. The van der Waals surface area contributed by atoms with Crippen molar-refractivity contribution in [2.75, 3.05) is 12.3 Å². The van der Waals surface area contributed by atoms with E-state index in [4.69, 9.17) is 5.73 Å². The Labute approximate surface area is 109 Å². The zero-order valence-electron chi connectivity index (χ0n) is 10.7. The van der Waals surface area contributed by atoms with E-state index in [0.717, 1.165) is 24.0 Å². The number of benzene rings is 1. The molecule has 1 aromatic rings. The molecule has 1 atom stereocenters. The first-order valence-electron chi connectivity index (χ1n) is 6.33. The van der Waals surface area contributed by atoms with Crippen LogP contribution in [0.25, 0.3) is 0 Å². The molecule has 100 valence electrons. The van der Waals surface area contributed by atoms with E-state index in [9.17, 15) is 8.42 Å². The van der Waals surface area contributed by atoms with E-state index in [-0.39, 0.29) is 11.8 Å². The maximum Gasteiger partial charge on any atom is 0.214 e. The van der Waals surface area contributed by atoms with Crippen LogP contribution in [0.3, 0.4) is 0 Å². The highest BCUT2D eigenvalue weighted by atomic mass is 32.2. The molecule has 0 spiro atoms. The van der Waals surface area contributed by atoms with E-state index in [0.29, 0.717) is 13.1 Å². The molecule has 1 aliphatic rings. The molecule has 2 N–H and O–H groups in total. The quantitative estimate of drug-likeness (QED) is 0.906. The van der Waals surface area contributed by atoms with Gasteiger partial charge >= 0.3 is 0 Å². The van der Waals surface area contributed by atoms with Crippen molar-refractivity contribution in [3.8, 4) is 0 Å². The zero-order valence-corrected chi connectivity index (χ0v) is 11.5. The minimum atomic E-state index is -3.08. The van der Waals surface area contributed by atoms with E-state index < -0.39 is 10.0 Å². The van der Waals surface area contributed by atoms with Crippen LogP contribution >= 0.6 is 0 Å². The summed E-state index contributed by atoms with van der Waals surface area (Å²) in [5.41, 5.74) is 7.64. The van der Waals surface area contributed by atoms with Gasteiger partial charge in [-0.25, -0.2) is 8.42 Å². The fourth-order valence-corrected chi connectivity index (χ4v) is 4.16. The third-order valence-corrected chi connectivity index (χ3v) is 5.54. The standard InChI is InChI=1S/C13H20N2O2S/c1-11(13-6-4-12(10-14)5-7-13)15-8-2-3-9-18(15,16)17/h4-7,11H,2-3,8-10,14H2,1H3. The fraction of sp³-hybridized carbons (Fsp3) is 0.538. The van der Waals surface area contributed by atoms with Crippen molar-refractivity contribution in [2.45, 2.75) is 32.4 Å². The molecule has 0 radical (unpaired) electrons. The second-order valence-electron chi connectivity index (χ2n) is 4.76. The minimum absolute atomic E-state index is 0.0953. The summed E-state index contributed by atoms with van der Waals surface area (Å²) in [6, 6.07) is 7.76. The zero-order chi connectivity index (χ0) is 13.2. The van der Waals surface area contributed by atoms with Gasteiger partial charge < -0.3 is 5.73 Å². The predicted molar refractivity (Wildman–Crippen MR) is 72.5 cm³/mol. The summed E-state index contributed by atoms with van der Waals surface area (Å²) in [6.07, 6.45) is 1.72. The molecule has 1 saturated heterocycles. The van der Waals surface area contributed by atoms with Gasteiger partial charge in [-0.15, -0.1) is 0 Å². The van der Waals surface area contributed by atoms with E-state index in [1.165, 1.54) is 0 Å². The van der Waals surface area contributed by atoms with Gasteiger partial charge in [-0.05, 0) is 30.9 Å². The lowest BCUT2D eigenvalue weighted by Gasteiger charge is -2.31. The van der Waals surface area contributed by atoms with Crippen molar-refractivity contribution in [3.05, 3.63) is 35.4 Å². The smallest absolute Gasteiger partial charge is 0.214 e. The maximum absolute atomic E-state index is 12.0. The lowest BCUT2D eigenvalue weighted by Crippen LogP contribution is -2.39. The van der Waals surface area contributed by atoms with Crippen LogP contribution in [0.15, 0.2) is 24.3 Å². The van der Waals surface area contributed by atoms with Gasteiger partial charge in [0.15, 0.2) is 0 Å². The van der Waals surface area contributed by atoms with Gasteiger partial charge in [0.25, 0.3) is 0 Å². The molecule has 5 heteroatoms. The van der Waals surface area contributed by atoms with Gasteiger partial charge in [-0.1, -0.05) is 24.3 Å². The average molecular weight is 268 g/mol. The number of nitrogens with two attached hydrogens (primary N) is 1. The number of sulfonamides is 1. The van der Waals surface area contributed by atoms with Crippen LogP contribution in [-0.4, -0.2) is 25.0 Å². The Balaban J connectivity index is 2.21. The highest BCUT2D eigenvalue weighted by Crippen LogP contribution is 2.27. The molecule has 0 aromatic heterocycles. The first kappa shape index (κ1) is 13.5. The van der Waals surface area contributed by atoms with Crippen molar-refractivity contribution in [3.63, 3.8) is 0 Å². The third-order valence-electron chi connectivity index (χ3n) is 3.52. The SMILES string of the molecule is CC(c1ccc(CN)cc1)N1CCCCS1(=O)=O. The molecule has 1 fully saturated rings. The van der Waals surface area contributed by atoms with E-state index in [1.807, 2.05) is 31.2 Å². The Morgan fingerprint density at radius 1 is 1.28 bits per heavy atom. The van der Waals surface area contributed by atoms with E-state index >= 15 is 0 Å². The highest BCUT2D eigenvalue weighted by molar-refractivity contribution is 7.89. The summed E-state index contributed by atoms with van der Waals surface area (Å²) in [7, 11) is -3.08. The van der Waals surface area contributed by atoms with Gasteiger partial charge in [0.2, 0.25) is 10.0 Å². The Hall–Kier alpha value is -0.910. The minimum Gasteiger partial charge on any atom is -0.326 e. The van der Waals surface area contributed by atoms with Crippen LogP contribution in [-0.2, 0) is 16.6 Å². The third kappa shape index (κ3) is 2.74. The molecule has 1 heterocycles. The first-order valence-corrected chi connectivity index (χ1v) is 7.94. The Bertz CT molecular complexity index is 496. The first-order chi connectivity index (χ1) is 8.54. The summed E-state index contributed by atoms with van der Waals surface area (Å²) >= 11 is 0. The lowest BCUT2D eigenvalue weighted by atomic mass is 10.1. The summed E-state index contributed by atoms with van der Waals surface area (Å²) in [4.78, 5) is 0. The molecule has 0 aliphatic carbocycles. The Morgan fingerprint density at radius 2 is 1.94 bits per heavy atom. The van der Waals surface area contributed by atoms with Crippen LogP contribution in [0.4, 0.5) is 0 Å². The predicted octanol–water partition coefficient (Wildman–Crippen LogP) is 1.63. The largest absolute Gasteiger partial charge is 0.326 e. The number of hydrogen-bond donors (Lipinski definition) is 1. The molecular formula is C13H20N2O2S. The van der Waals surface area contributed by atoms with Crippen molar-refractivity contribution in [1.29, 1.82) is 0 Å². The molecule has 0 saturated carbocycles. The molecule has 0 bridgehead atoms. The van der Waals surface area contributed by atoms with E-state index in [2.05, 4.69) is 0 Å². The molecule has 2 rings (SSSR count). The second kappa shape index (κ2) is 5.38. The molecular weight excluding hydrogens is 248 g/mol. The van der Waals surface area contributed by atoms with Crippen LogP contribution in [0.1, 0.15) is 36.9 Å². The summed E-state index contributed by atoms with van der Waals surface area (Å²) in [5.74, 6) is 0.276. The van der Waals surface area contributed by atoms with Gasteiger partial charge in [-0.3, -0.25) is 0 Å². The topological polar surface area (TPSA) is 63.4 Å². The second-order valence-corrected chi connectivity index (χ2v) is 6.80. The Kier molecular flexibility index (Phi) is 4.04. The number of nitrogens with zero attached hydrogens (tertiary/aromatic N) is 1. The van der Waals surface area contributed by atoms with Crippen molar-refractivity contribution >= 4 is 10.0 Å². The number of hydrogen-bond acceptors (Lipinski definition) is 3. The fourth-order valence-electron chi connectivity index (χ4n) is 2.34. The molecule has 1 unspecified atom stereocenters. The van der Waals surface area contributed by atoms with Gasteiger partial charge in [0.1, 0.15) is 0 Å². The monoisotopic (exact) mass is 268 g/mol. The van der Waals surface area contributed by atoms with E-state index in [1.54, 1.807) is 4.31 Å². The maximum atomic E-state index is 12.0. The Morgan fingerprint density at radius 3 is 2.50 bits per heavy atom. The van der Waals surface area contributed by atoms with Gasteiger partial charge in [0, 0.05) is 19.1 Å². The molecule has 0 amide bonds. The average Bonchev–Trinajstić information content (AvgIpc) is 2.37. The summed E-state index contributed by atoms with van der Waals surface area (Å²) in [5, 5.41) is 0. The van der Waals surface area contributed by atoms with Crippen molar-refractivity contribution in [2.24, 2.45) is 5.73 Å². The van der Waals surface area contributed by atoms with Crippen molar-refractivity contribution < 1.29 is 8.42 Å². The molecule has 4 nitrogen and oxygen atoms in total. The number of rotatable bonds is 3. The van der Waals surface area contributed by atoms with Crippen molar-refractivity contribution in [1.82, 2.24) is 4.31 Å². The van der Waals surface area contributed by atoms with Crippen LogP contribution < -0.4 is 5.73 Å². The summed E-state index contributed by atoms with van der Waals surface area (Å²) in [6.45, 7) is 3.08. The molecule has 18 heavy (non-hydrogen) atoms. The van der Waals surface area contributed by atoms with Crippen LogP contribution in [0.5, 0.6) is 0 Å². The lowest BCUT2D eigenvalue weighted by molar-refractivity contribution is 0.322. The molecule has 1 aromatic carbocycles. The normalized spacial score (nSPS) is 21.7. The van der Waals surface area contributed by atoms with Crippen LogP contribution in [0, 0.1) is 0 Å². The highest BCUT2D eigenvalue weighted by Gasteiger charge is 2.30. The van der Waals surface area contributed by atoms with Crippen LogP contribution in [0.2, 0.25) is 0 Å².